The Labute approximate surface area is 138 Å². The second kappa shape index (κ2) is 7.31. The predicted molar refractivity (Wildman–Crippen MR) is 92.5 cm³/mol. The molecule has 124 valence electrons. The van der Waals surface area contributed by atoms with Crippen LogP contribution in [0.4, 0.5) is 4.79 Å². The van der Waals surface area contributed by atoms with E-state index in [2.05, 4.69) is 60.8 Å². The molecule has 5 heteroatoms. The first kappa shape index (κ1) is 17.1. The first-order chi connectivity index (χ1) is 10.9. The van der Waals surface area contributed by atoms with Gasteiger partial charge in [0.1, 0.15) is 0 Å². The summed E-state index contributed by atoms with van der Waals surface area (Å²) in [5.41, 5.74) is 3.48. The average Bonchev–Trinajstić information content (AvgIpc) is 2.91. The molecule has 0 saturated heterocycles. The Balaban J connectivity index is 1.77. The smallest absolute Gasteiger partial charge is 0.314 e. The predicted octanol–water partition coefficient (Wildman–Crippen LogP) is 2.55. The number of aromatic nitrogens is 2. The summed E-state index contributed by atoms with van der Waals surface area (Å²) in [6.07, 6.45) is 4.56. The van der Waals surface area contributed by atoms with Crippen LogP contribution >= 0.6 is 0 Å². The van der Waals surface area contributed by atoms with Gasteiger partial charge in [-0.15, -0.1) is 0 Å². The summed E-state index contributed by atoms with van der Waals surface area (Å²) in [5, 5.41) is 9.96. The van der Waals surface area contributed by atoms with Gasteiger partial charge in [0.05, 0.1) is 6.20 Å². The number of urea groups is 1. The highest BCUT2D eigenvalue weighted by Gasteiger charge is 2.21. The summed E-state index contributed by atoms with van der Waals surface area (Å²) in [4.78, 5) is 11.9. The Kier molecular flexibility index (Phi) is 5.42. The fourth-order valence-electron chi connectivity index (χ4n) is 2.45. The van der Waals surface area contributed by atoms with Crippen molar-refractivity contribution in [3.8, 4) is 0 Å². The molecule has 1 aromatic heterocycles. The second-order valence-corrected chi connectivity index (χ2v) is 6.64. The third-order valence-electron chi connectivity index (χ3n) is 3.95. The van der Waals surface area contributed by atoms with E-state index in [1.807, 2.05) is 19.4 Å². The van der Waals surface area contributed by atoms with Crippen LogP contribution < -0.4 is 10.6 Å². The minimum absolute atomic E-state index is 0.104. The van der Waals surface area contributed by atoms with Crippen molar-refractivity contribution in [2.45, 2.75) is 32.6 Å². The Hall–Kier alpha value is -2.30. The van der Waals surface area contributed by atoms with Gasteiger partial charge in [0.15, 0.2) is 0 Å². The number of benzene rings is 1. The maximum atomic E-state index is 11.9. The highest BCUT2D eigenvalue weighted by atomic mass is 16.2. The fourth-order valence-corrected chi connectivity index (χ4v) is 2.45. The van der Waals surface area contributed by atoms with Gasteiger partial charge in [-0.2, -0.15) is 5.10 Å². The molecular formula is C18H26N4O. The standard InChI is InChI=1S/C18H26N4O/c1-14-6-5-7-16(10-14)18(2,3)13-20-17(23)19-9-8-15-11-21-22(4)12-15/h5-7,10-12H,8-9,13H2,1-4H3,(H2,19,20,23). The van der Waals surface area contributed by atoms with E-state index < -0.39 is 0 Å². The van der Waals surface area contributed by atoms with Gasteiger partial charge in [-0.1, -0.05) is 43.7 Å². The zero-order valence-electron chi connectivity index (χ0n) is 14.4. The zero-order chi connectivity index (χ0) is 16.9. The van der Waals surface area contributed by atoms with Crippen LogP contribution in [0.25, 0.3) is 0 Å². The maximum absolute atomic E-state index is 11.9. The summed E-state index contributed by atoms with van der Waals surface area (Å²) in [7, 11) is 1.89. The van der Waals surface area contributed by atoms with E-state index in [1.54, 1.807) is 4.68 Å². The molecule has 2 aromatic rings. The van der Waals surface area contributed by atoms with Crippen LogP contribution in [0.5, 0.6) is 0 Å². The van der Waals surface area contributed by atoms with E-state index in [0.29, 0.717) is 13.1 Å². The molecule has 23 heavy (non-hydrogen) atoms. The van der Waals surface area contributed by atoms with E-state index in [-0.39, 0.29) is 11.4 Å². The lowest BCUT2D eigenvalue weighted by Crippen LogP contribution is -2.42. The van der Waals surface area contributed by atoms with Gasteiger partial charge in [-0.05, 0) is 24.5 Å². The first-order valence-corrected chi connectivity index (χ1v) is 7.93. The SMILES string of the molecule is Cc1cccc(C(C)(C)CNC(=O)NCCc2cnn(C)c2)c1. The van der Waals surface area contributed by atoms with Crippen molar-refractivity contribution >= 4 is 6.03 Å². The van der Waals surface area contributed by atoms with E-state index in [1.165, 1.54) is 11.1 Å². The van der Waals surface area contributed by atoms with E-state index in [0.717, 1.165) is 12.0 Å². The van der Waals surface area contributed by atoms with Crippen LogP contribution in [-0.2, 0) is 18.9 Å². The summed E-state index contributed by atoms with van der Waals surface area (Å²) in [6.45, 7) is 7.55. The van der Waals surface area contributed by atoms with Gasteiger partial charge in [0.2, 0.25) is 0 Å². The molecule has 1 aromatic carbocycles. The third-order valence-corrected chi connectivity index (χ3v) is 3.95. The van der Waals surface area contributed by atoms with Crippen molar-refractivity contribution < 1.29 is 4.79 Å². The lowest BCUT2D eigenvalue weighted by atomic mass is 9.84. The van der Waals surface area contributed by atoms with Crippen molar-refractivity contribution in [3.63, 3.8) is 0 Å². The molecule has 1 heterocycles. The molecule has 0 aliphatic carbocycles. The number of carbonyl (C=O) groups excluding carboxylic acids is 1. The molecule has 0 aliphatic rings. The number of hydrogen-bond acceptors (Lipinski definition) is 2. The van der Waals surface area contributed by atoms with Gasteiger partial charge in [0.25, 0.3) is 0 Å². The van der Waals surface area contributed by atoms with Crippen molar-refractivity contribution in [2.75, 3.05) is 13.1 Å². The minimum atomic E-state index is -0.130. The van der Waals surface area contributed by atoms with Gasteiger partial charge < -0.3 is 10.6 Å². The third kappa shape index (κ3) is 5.13. The number of amides is 2. The highest BCUT2D eigenvalue weighted by Crippen LogP contribution is 2.22. The van der Waals surface area contributed by atoms with Crippen LogP contribution in [0.2, 0.25) is 0 Å². The fraction of sp³-hybridized carbons (Fsp3) is 0.444. The molecule has 0 fully saturated rings. The molecule has 2 amide bonds. The molecule has 0 aliphatic heterocycles. The molecule has 2 rings (SSSR count). The second-order valence-electron chi connectivity index (χ2n) is 6.64. The topological polar surface area (TPSA) is 59.0 Å². The first-order valence-electron chi connectivity index (χ1n) is 7.93. The van der Waals surface area contributed by atoms with Crippen LogP contribution in [0.15, 0.2) is 36.7 Å². The van der Waals surface area contributed by atoms with E-state index >= 15 is 0 Å². The van der Waals surface area contributed by atoms with Crippen molar-refractivity contribution in [1.82, 2.24) is 20.4 Å². The van der Waals surface area contributed by atoms with Gasteiger partial charge >= 0.3 is 6.03 Å². The molecule has 0 spiro atoms. The largest absolute Gasteiger partial charge is 0.338 e. The summed E-state index contributed by atoms with van der Waals surface area (Å²) in [5.74, 6) is 0. The zero-order valence-corrected chi connectivity index (χ0v) is 14.4. The Morgan fingerprint density at radius 1 is 1.30 bits per heavy atom. The van der Waals surface area contributed by atoms with E-state index in [9.17, 15) is 4.79 Å². The molecular weight excluding hydrogens is 288 g/mol. The Morgan fingerprint density at radius 2 is 2.09 bits per heavy atom. The lowest BCUT2D eigenvalue weighted by Gasteiger charge is -2.26. The number of hydrogen-bond donors (Lipinski definition) is 2. The molecule has 2 N–H and O–H groups in total. The highest BCUT2D eigenvalue weighted by molar-refractivity contribution is 5.73. The molecule has 5 nitrogen and oxygen atoms in total. The van der Waals surface area contributed by atoms with Crippen molar-refractivity contribution in [3.05, 3.63) is 53.3 Å². The van der Waals surface area contributed by atoms with Crippen LogP contribution in [-0.4, -0.2) is 28.9 Å². The van der Waals surface area contributed by atoms with Crippen molar-refractivity contribution in [1.29, 1.82) is 0 Å². The lowest BCUT2D eigenvalue weighted by molar-refractivity contribution is 0.238. The normalized spacial score (nSPS) is 11.3. The van der Waals surface area contributed by atoms with Crippen LogP contribution in [0.3, 0.4) is 0 Å². The van der Waals surface area contributed by atoms with E-state index in [4.69, 9.17) is 0 Å². The molecule has 0 saturated carbocycles. The van der Waals surface area contributed by atoms with Crippen LogP contribution in [0.1, 0.15) is 30.5 Å². The molecule has 0 unspecified atom stereocenters. The summed E-state index contributed by atoms with van der Waals surface area (Å²) >= 11 is 0. The quantitative estimate of drug-likeness (QED) is 0.861. The number of nitrogens with one attached hydrogen (secondary N) is 2. The summed E-state index contributed by atoms with van der Waals surface area (Å²) < 4.78 is 1.76. The average molecular weight is 314 g/mol. The number of aryl methyl sites for hydroxylation is 2. The van der Waals surface area contributed by atoms with Gasteiger partial charge in [-0.3, -0.25) is 4.68 Å². The molecule has 0 atom stereocenters. The van der Waals surface area contributed by atoms with Gasteiger partial charge in [-0.25, -0.2) is 4.79 Å². The summed E-state index contributed by atoms with van der Waals surface area (Å²) in [6, 6.07) is 8.28. The number of nitrogens with zero attached hydrogens (tertiary/aromatic N) is 2. The number of rotatable bonds is 6. The Morgan fingerprint density at radius 3 is 2.74 bits per heavy atom. The van der Waals surface area contributed by atoms with Crippen LogP contribution in [0, 0.1) is 6.92 Å². The molecule has 0 radical (unpaired) electrons. The Bertz CT molecular complexity index is 661. The minimum Gasteiger partial charge on any atom is -0.338 e. The number of carbonyl (C=O) groups is 1. The molecule has 0 bridgehead atoms. The monoisotopic (exact) mass is 314 g/mol. The van der Waals surface area contributed by atoms with Gasteiger partial charge in [0, 0.05) is 31.7 Å². The maximum Gasteiger partial charge on any atom is 0.314 e. The van der Waals surface area contributed by atoms with Crippen molar-refractivity contribution in [2.24, 2.45) is 7.05 Å².